The maximum Gasteiger partial charge on any atom is 0.269 e. The third-order valence-electron chi connectivity index (χ3n) is 8.07. The Balaban J connectivity index is 1.22. The van der Waals surface area contributed by atoms with Crippen molar-refractivity contribution in [2.75, 3.05) is 5.32 Å². The molecule has 2 saturated carbocycles. The van der Waals surface area contributed by atoms with E-state index in [4.69, 9.17) is 4.74 Å². The molecule has 0 radical (unpaired) electrons. The SMILES string of the molecule is O=[N+]([O-])c1ccc(COc2ccc([C@@H]3Nc4ccc([N+](=O)[O-])cc4[C@H]4[C@H]5CC[C@@H](C5)[C@H]43)cc2)cc1. The summed E-state index contributed by atoms with van der Waals surface area (Å²) in [5, 5.41) is 25.9. The fourth-order valence-corrected chi connectivity index (χ4v) is 6.57. The van der Waals surface area contributed by atoms with Gasteiger partial charge in [0.15, 0.2) is 0 Å². The lowest BCUT2D eigenvalue weighted by Gasteiger charge is -2.43. The van der Waals surface area contributed by atoms with E-state index in [0.29, 0.717) is 30.3 Å². The smallest absolute Gasteiger partial charge is 0.269 e. The van der Waals surface area contributed by atoms with Crippen molar-refractivity contribution in [2.45, 2.75) is 37.8 Å². The van der Waals surface area contributed by atoms with Gasteiger partial charge in [0, 0.05) is 30.0 Å². The third kappa shape index (κ3) is 3.79. The molecule has 2 bridgehead atoms. The molecule has 1 heterocycles. The summed E-state index contributed by atoms with van der Waals surface area (Å²) in [5.74, 6) is 2.75. The van der Waals surface area contributed by atoms with Gasteiger partial charge in [0.05, 0.1) is 15.9 Å². The van der Waals surface area contributed by atoms with Crippen molar-refractivity contribution in [3.8, 4) is 5.75 Å². The highest BCUT2D eigenvalue weighted by atomic mass is 16.6. The Morgan fingerprint density at radius 2 is 1.54 bits per heavy atom. The van der Waals surface area contributed by atoms with Gasteiger partial charge in [-0.15, -0.1) is 0 Å². The van der Waals surface area contributed by atoms with Crippen LogP contribution in [0.25, 0.3) is 0 Å². The highest BCUT2D eigenvalue weighted by Gasteiger charge is 2.54. The number of anilines is 1. The van der Waals surface area contributed by atoms with E-state index in [1.165, 1.54) is 37.0 Å². The number of nitrogens with zero attached hydrogens (tertiary/aromatic N) is 2. The molecule has 3 aromatic carbocycles. The molecule has 3 aromatic rings. The highest BCUT2D eigenvalue weighted by molar-refractivity contribution is 5.62. The maximum absolute atomic E-state index is 11.4. The number of rotatable bonds is 6. The summed E-state index contributed by atoms with van der Waals surface area (Å²) >= 11 is 0. The van der Waals surface area contributed by atoms with Crippen molar-refractivity contribution in [3.63, 3.8) is 0 Å². The molecule has 5 atom stereocenters. The minimum atomic E-state index is -0.414. The Hall–Kier alpha value is -3.94. The fraction of sp³-hybridized carbons (Fsp3) is 0.333. The first-order valence-electron chi connectivity index (χ1n) is 12.0. The van der Waals surface area contributed by atoms with Crippen molar-refractivity contribution in [2.24, 2.45) is 17.8 Å². The van der Waals surface area contributed by atoms with Crippen molar-refractivity contribution >= 4 is 17.1 Å². The second kappa shape index (κ2) is 8.37. The first-order valence-corrected chi connectivity index (χ1v) is 12.0. The van der Waals surface area contributed by atoms with Gasteiger partial charge in [-0.05, 0) is 90.0 Å². The molecular weight excluding hydrogens is 446 g/mol. The predicted octanol–water partition coefficient (Wildman–Crippen LogP) is 6.38. The van der Waals surface area contributed by atoms with Gasteiger partial charge in [0.2, 0.25) is 0 Å². The lowest BCUT2D eigenvalue weighted by Crippen LogP contribution is -2.35. The molecule has 0 saturated heterocycles. The number of fused-ring (bicyclic) bond motifs is 7. The lowest BCUT2D eigenvalue weighted by molar-refractivity contribution is -0.385. The summed E-state index contributed by atoms with van der Waals surface area (Å²) < 4.78 is 5.91. The standard InChI is InChI=1S/C27H25N3O5/c31-29(32)20-7-1-16(2-8-20)15-35-22-10-5-17(6-11-22)27-26-19-4-3-18(13-19)25(26)23-14-21(30(33)34)9-12-24(23)28-27/h1-2,5-12,14,18-19,25-28H,3-4,13,15H2/t18-,19-,25+,26+,27-/m0/s1. The Morgan fingerprint density at radius 3 is 2.26 bits per heavy atom. The van der Waals surface area contributed by atoms with Crippen LogP contribution in [0.15, 0.2) is 66.7 Å². The second-order valence-electron chi connectivity index (χ2n) is 9.87. The summed E-state index contributed by atoms with van der Waals surface area (Å²) in [6.45, 7) is 0.333. The van der Waals surface area contributed by atoms with Crippen LogP contribution in [0, 0.1) is 38.0 Å². The molecule has 0 spiro atoms. The van der Waals surface area contributed by atoms with E-state index in [1.807, 2.05) is 18.2 Å². The average molecular weight is 472 g/mol. The molecule has 0 unspecified atom stereocenters. The quantitative estimate of drug-likeness (QED) is 0.330. The van der Waals surface area contributed by atoms with Crippen LogP contribution in [0.2, 0.25) is 0 Å². The second-order valence-corrected chi connectivity index (χ2v) is 9.87. The zero-order valence-electron chi connectivity index (χ0n) is 19.0. The number of ether oxygens (including phenoxy) is 1. The van der Waals surface area contributed by atoms with Gasteiger partial charge < -0.3 is 10.1 Å². The average Bonchev–Trinajstić information content (AvgIpc) is 3.50. The Labute approximate surface area is 202 Å². The van der Waals surface area contributed by atoms with Crippen LogP contribution in [0.4, 0.5) is 17.1 Å². The number of nitrogens with one attached hydrogen (secondary N) is 1. The molecule has 8 heteroatoms. The topological polar surface area (TPSA) is 108 Å². The Kier molecular flexibility index (Phi) is 5.16. The fourth-order valence-electron chi connectivity index (χ4n) is 6.57. The lowest BCUT2D eigenvalue weighted by atomic mass is 9.68. The van der Waals surface area contributed by atoms with Gasteiger partial charge in [0.1, 0.15) is 12.4 Å². The molecule has 0 amide bonds. The zero-order chi connectivity index (χ0) is 24.1. The molecule has 178 valence electrons. The number of nitro benzene ring substituents is 2. The largest absolute Gasteiger partial charge is 0.489 e. The maximum atomic E-state index is 11.4. The van der Waals surface area contributed by atoms with Crippen LogP contribution in [0.3, 0.4) is 0 Å². The normalized spacial score (nSPS) is 25.9. The molecule has 8 nitrogen and oxygen atoms in total. The van der Waals surface area contributed by atoms with E-state index in [1.54, 1.807) is 24.3 Å². The third-order valence-corrected chi connectivity index (χ3v) is 8.07. The number of nitro groups is 2. The molecule has 2 fully saturated rings. The van der Waals surface area contributed by atoms with Gasteiger partial charge in [-0.1, -0.05) is 12.1 Å². The molecule has 1 N–H and O–H groups in total. The summed E-state index contributed by atoms with van der Waals surface area (Å²) in [6, 6.07) is 19.9. The van der Waals surface area contributed by atoms with E-state index in [-0.39, 0.29) is 22.3 Å². The van der Waals surface area contributed by atoms with E-state index in [0.717, 1.165) is 22.6 Å². The van der Waals surface area contributed by atoms with Crippen LogP contribution >= 0.6 is 0 Å². The van der Waals surface area contributed by atoms with Gasteiger partial charge in [0.25, 0.3) is 11.4 Å². The van der Waals surface area contributed by atoms with Crippen LogP contribution in [-0.2, 0) is 6.61 Å². The Morgan fingerprint density at radius 1 is 0.857 bits per heavy atom. The number of hydrogen-bond acceptors (Lipinski definition) is 6. The van der Waals surface area contributed by atoms with Crippen LogP contribution < -0.4 is 10.1 Å². The van der Waals surface area contributed by atoms with Crippen molar-refractivity contribution in [1.82, 2.24) is 0 Å². The summed E-state index contributed by atoms with van der Waals surface area (Å²) in [7, 11) is 0. The zero-order valence-corrected chi connectivity index (χ0v) is 19.0. The first kappa shape index (κ1) is 21.6. The highest BCUT2D eigenvalue weighted by Crippen LogP contribution is 2.63. The van der Waals surface area contributed by atoms with Crippen LogP contribution in [0.5, 0.6) is 5.75 Å². The van der Waals surface area contributed by atoms with Crippen molar-refractivity contribution < 1.29 is 14.6 Å². The molecule has 0 aromatic heterocycles. The van der Waals surface area contributed by atoms with Crippen molar-refractivity contribution in [1.29, 1.82) is 0 Å². The van der Waals surface area contributed by atoms with E-state index in [9.17, 15) is 20.2 Å². The van der Waals surface area contributed by atoms with E-state index >= 15 is 0 Å². The van der Waals surface area contributed by atoms with Gasteiger partial charge >= 0.3 is 0 Å². The molecule has 35 heavy (non-hydrogen) atoms. The summed E-state index contributed by atoms with van der Waals surface area (Å²) in [5.41, 5.74) is 4.40. The number of hydrogen-bond donors (Lipinski definition) is 1. The monoisotopic (exact) mass is 471 g/mol. The minimum Gasteiger partial charge on any atom is -0.489 e. The molecular formula is C27H25N3O5. The Bertz CT molecular complexity index is 1290. The molecule has 1 aliphatic heterocycles. The molecule has 2 aliphatic carbocycles. The molecule has 3 aliphatic rings. The van der Waals surface area contributed by atoms with Gasteiger partial charge in [-0.2, -0.15) is 0 Å². The summed E-state index contributed by atoms with van der Waals surface area (Å²) in [6.07, 6.45) is 3.63. The molecule has 6 rings (SSSR count). The van der Waals surface area contributed by atoms with Gasteiger partial charge in [-0.3, -0.25) is 20.2 Å². The predicted molar refractivity (Wildman–Crippen MR) is 130 cm³/mol. The van der Waals surface area contributed by atoms with Crippen LogP contribution in [0.1, 0.15) is 47.9 Å². The van der Waals surface area contributed by atoms with Crippen LogP contribution in [-0.4, -0.2) is 9.85 Å². The first-order chi connectivity index (χ1) is 17.0. The van der Waals surface area contributed by atoms with Crippen molar-refractivity contribution in [3.05, 3.63) is 104 Å². The van der Waals surface area contributed by atoms with Gasteiger partial charge in [-0.25, -0.2) is 0 Å². The van der Waals surface area contributed by atoms with E-state index in [2.05, 4.69) is 17.4 Å². The number of benzene rings is 3. The summed E-state index contributed by atoms with van der Waals surface area (Å²) in [4.78, 5) is 21.5. The number of non-ortho nitro benzene ring substituents is 2. The minimum absolute atomic E-state index is 0.0631. The van der Waals surface area contributed by atoms with E-state index < -0.39 is 4.92 Å².